The average Bonchev–Trinajstić information content (AvgIpc) is 2.77. The number of aromatic nitrogens is 1. The molecule has 0 spiro atoms. The van der Waals surface area contributed by atoms with Gasteiger partial charge in [0.05, 0.1) is 9.90 Å². The average molecular weight is 375 g/mol. The smallest absolute Gasteiger partial charge is 0.243 e. The summed E-state index contributed by atoms with van der Waals surface area (Å²) >= 11 is 4.83. The number of hydrogen-bond donors (Lipinski definition) is 0. The van der Waals surface area contributed by atoms with Crippen molar-refractivity contribution >= 4 is 37.3 Å². The molecule has 0 N–H and O–H groups in total. The molecule has 0 fully saturated rings. The van der Waals surface area contributed by atoms with E-state index in [-0.39, 0.29) is 0 Å². The van der Waals surface area contributed by atoms with Gasteiger partial charge in [0.25, 0.3) is 0 Å². The lowest BCUT2D eigenvalue weighted by Crippen LogP contribution is -2.26. The van der Waals surface area contributed by atoms with Crippen LogP contribution in [-0.4, -0.2) is 24.8 Å². The van der Waals surface area contributed by atoms with Gasteiger partial charge in [-0.2, -0.15) is 4.31 Å². The standard InChI is InChI=1S/C13H15BrN2O2S2/c1-9-4-5-11(14)6-13(9)20(17,18)16(3)8-12-7-15-10(2)19-12/h4-7H,8H2,1-3H3. The van der Waals surface area contributed by atoms with E-state index in [1.807, 2.05) is 13.0 Å². The summed E-state index contributed by atoms with van der Waals surface area (Å²) in [6.45, 7) is 4.03. The van der Waals surface area contributed by atoms with Crippen molar-refractivity contribution in [2.75, 3.05) is 7.05 Å². The lowest BCUT2D eigenvalue weighted by molar-refractivity contribution is 0.469. The zero-order chi connectivity index (χ0) is 14.9. The summed E-state index contributed by atoms with van der Waals surface area (Å²) in [6.07, 6.45) is 1.72. The van der Waals surface area contributed by atoms with Crippen molar-refractivity contribution in [3.05, 3.63) is 44.3 Å². The first-order chi connectivity index (χ1) is 9.30. The molecule has 1 aromatic carbocycles. The molecule has 0 amide bonds. The second-order valence-corrected chi connectivity index (χ2v) is 8.76. The number of nitrogens with zero attached hydrogens (tertiary/aromatic N) is 2. The topological polar surface area (TPSA) is 50.3 Å². The van der Waals surface area contributed by atoms with E-state index in [1.165, 1.54) is 15.6 Å². The summed E-state index contributed by atoms with van der Waals surface area (Å²) < 4.78 is 27.3. The van der Waals surface area contributed by atoms with Gasteiger partial charge in [0.2, 0.25) is 10.0 Å². The van der Waals surface area contributed by atoms with Gasteiger partial charge in [-0.3, -0.25) is 0 Å². The van der Waals surface area contributed by atoms with Crippen LogP contribution in [-0.2, 0) is 16.6 Å². The maximum atomic E-state index is 12.6. The highest BCUT2D eigenvalue weighted by molar-refractivity contribution is 9.10. The van der Waals surface area contributed by atoms with E-state index in [9.17, 15) is 8.42 Å². The molecule has 4 nitrogen and oxygen atoms in total. The van der Waals surface area contributed by atoms with Crippen LogP contribution in [0.25, 0.3) is 0 Å². The lowest BCUT2D eigenvalue weighted by atomic mass is 10.2. The number of halogens is 1. The molecular weight excluding hydrogens is 360 g/mol. The van der Waals surface area contributed by atoms with E-state index in [0.717, 1.165) is 19.9 Å². The van der Waals surface area contributed by atoms with Crippen molar-refractivity contribution in [3.8, 4) is 0 Å². The van der Waals surface area contributed by atoms with Gasteiger partial charge >= 0.3 is 0 Å². The van der Waals surface area contributed by atoms with Crippen LogP contribution >= 0.6 is 27.3 Å². The van der Waals surface area contributed by atoms with Gasteiger partial charge < -0.3 is 0 Å². The summed E-state index contributed by atoms with van der Waals surface area (Å²) in [5.41, 5.74) is 0.737. The number of hydrogen-bond acceptors (Lipinski definition) is 4. The van der Waals surface area contributed by atoms with Crippen LogP contribution < -0.4 is 0 Å². The van der Waals surface area contributed by atoms with Crippen LogP contribution in [0.2, 0.25) is 0 Å². The molecule has 2 rings (SSSR count). The van der Waals surface area contributed by atoms with E-state index in [2.05, 4.69) is 20.9 Å². The van der Waals surface area contributed by atoms with Gasteiger partial charge in [-0.15, -0.1) is 11.3 Å². The number of benzene rings is 1. The fourth-order valence-electron chi connectivity index (χ4n) is 1.80. The van der Waals surface area contributed by atoms with Gasteiger partial charge in [-0.1, -0.05) is 22.0 Å². The monoisotopic (exact) mass is 374 g/mol. The molecule has 1 aromatic heterocycles. The SMILES string of the molecule is Cc1ncc(CN(C)S(=O)(=O)c2cc(Br)ccc2C)s1. The molecule has 2 aromatic rings. The number of sulfonamides is 1. The summed E-state index contributed by atoms with van der Waals surface area (Å²) in [5, 5.41) is 0.935. The predicted octanol–water partition coefficient (Wildman–Crippen LogP) is 3.34. The second-order valence-electron chi connectivity index (χ2n) is 4.52. The third kappa shape index (κ3) is 3.28. The minimum absolute atomic E-state index is 0.329. The number of aryl methyl sites for hydroxylation is 2. The Labute approximate surface area is 131 Å². The molecule has 20 heavy (non-hydrogen) atoms. The molecule has 7 heteroatoms. The second kappa shape index (κ2) is 5.93. The quantitative estimate of drug-likeness (QED) is 0.824. The Morgan fingerprint density at radius 3 is 2.65 bits per heavy atom. The summed E-state index contributed by atoms with van der Waals surface area (Å²) in [7, 11) is -1.91. The third-order valence-electron chi connectivity index (χ3n) is 2.89. The van der Waals surface area contributed by atoms with Crippen LogP contribution in [0.5, 0.6) is 0 Å². The van der Waals surface area contributed by atoms with Gasteiger partial charge in [-0.25, -0.2) is 13.4 Å². The molecule has 0 unspecified atom stereocenters. The van der Waals surface area contributed by atoms with Crippen molar-refractivity contribution < 1.29 is 8.42 Å². The highest BCUT2D eigenvalue weighted by Crippen LogP contribution is 2.25. The van der Waals surface area contributed by atoms with Gasteiger partial charge in [0.15, 0.2) is 0 Å². The molecule has 0 aliphatic heterocycles. The molecule has 0 atom stereocenters. The highest BCUT2D eigenvalue weighted by atomic mass is 79.9. The first-order valence-corrected chi connectivity index (χ1v) is 8.99. The fourth-order valence-corrected chi connectivity index (χ4v) is 4.64. The predicted molar refractivity (Wildman–Crippen MR) is 84.4 cm³/mol. The Morgan fingerprint density at radius 2 is 2.05 bits per heavy atom. The highest BCUT2D eigenvalue weighted by Gasteiger charge is 2.23. The Morgan fingerprint density at radius 1 is 1.35 bits per heavy atom. The molecule has 0 saturated carbocycles. The molecule has 0 radical (unpaired) electrons. The van der Waals surface area contributed by atoms with Gasteiger partial charge in [0, 0.05) is 29.1 Å². The Hall–Kier alpha value is -0.760. The first-order valence-electron chi connectivity index (χ1n) is 5.94. The Kier molecular flexibility index (Phi) is 4.63. The van der Waals surface area contributed by atoms with Crippen LogP contribution in [0.1, 0.15) is 15.4 Å². The Balaban J connectivity index is 2.32. The normalized spacial score (nSPS) is 12.1. The minimum atomic E-state index is -3.50. The minimum Gasteiger partial charge on any atom is -0.250 e. The van der Waals surface area contributed by atoms with Gasteiger partial charge in [0.1, 0.15) is 0 Å². The molecular formula is C13H15BrN2O2S2. The lowest BCUT2D eigenvalue weighted by Gasteiger charge is -2.17. The third-order valence-corrected chi connectivity index (χ3v) is 6.22. The van der Waals surface area contributed by atoms with Gasteiger partial charge in [-0.05, 0) is 31.5 Å². The van der Waals surface area contributed by atoms with Crippen LogP contribution in [0, 0.1) is 13.8 Å². The Bertz CT molecular complexity index is 726. The molecule has 108 valence electrons. The summed E-state index contributed by atoms with van der Waals surface area (Å²) in [6, 6.07) is 5.27. The van der Waals surface area contributed by atoms with E-state index < -0.39 is 10.0 Å². The summed E-state index contributed by atoms with van der Waals surface area (Å²) in [5.74, 6) is 0. The van der Waals surface area contributed by atoms with Crippen molar-refractivity contribution in [1.29, 1.82) is 0 Å². The number of thiazole rings is 1. The van der Waals surface area contributed by atoms with E-state index in [0.29, 0.717) is 11.4 Å². The number of rotatable bonds is 4. The van der Waals surface area contributed by atoms with Crippen molar-refractivity contribution in [2.24, 2.45) is 0 Å². The molecule has 0 saturated heterocycles. The van der Waals surface area contributed by atoms with E-state index >= 15 is 0 Å². The fraction of sp³-hybridized carbons (Fsp3) is 0.308. The maximum Gasteiger partial charge on any atom is 0.243 e. The van der Waals surface area contributed by atoms with E-state index in [1.54, 1.807) is 32.3 Å². The van der Waals surface area contributed by atoms with Crippen molar-refractivity contribution in [3.63, 3.8) is 0 Å². The van der Waals surface area contributed by atoms with Crippen molar-refractivity contribution in [1.82, 2.24) is 9.29 Å². The van der Waals surface area contributed by atoms with Crippen LogP contribution in [0.4, 0.5) is 0 Å². The van der Waals surface area contributed by atoms with Crippen molar-refractivity contribution in [2.45, 2.75) is 25.3 Å². The largest absolute Gasteiger partial charge is 0.250 e. The molecule has 0 aliphatic rings. The zero-order valence-corrected chi connectivity index (χ0v) is 14.6. The zero-order valence-electron chi connectivity index (χ0n) is 11.4. The summed E-state index contributed by atoms with van der Waals surface area (Å²) in [4.78, 5) is 5.41. The van der Waals surface area contributed by atoms with Crippen LogP contribution in [0.3, 0.4) is 0 Å². The van der Waals surface area contributed by atoms with Crippen LogP contribution in [0.15, 0.2) is 33.8 Å². The maximum absolute atomic E-state index is 12.6. The molecule has 0 bridgehead atoms. The molecule has 0 aliphatic carbocycles. The van der Waals surface area contributed by atoms with E-state index in [4.69, 9.17) is 0 Å². The first kappa shape index (κ1) is 15.6. The molecule has 1 heterocycles.